The zero-order valence-electron chi connectivity index (χ0n) is 18.8. The summed E-state index contributed by atoms with van der Waals surface area (Å²) in [4.78, 5) is 21.8. The second kappa shape index (κ2) is 8.84. The third kappa shape index (κ3) is 4.29. The Labute approximate surface area is 195 Å². The number of nitrogens with zero attached hydrogens (tertiary/aromatic N) is 3. The van der Waals surface area contributed by atoms with Gasteiger partial charge in [-0.3, -0.25) is 5.32 Å². The number of thiazole rings is 1. The van der Waals surface area contributed by atoms with Gasteiger partial charge in [-0.25, -0.2) is 14.8 Å². The Morgan fingerprint density at radius 3 is 2.94 bits per heavy atom. The van der Waals surface area contributed by atoms with Gasteiger partial charge >= 0.3 is 6.09 Å². The van der Waals surface area contributed by atoms with E-state index in [4.69, 9.17) is 14.5 Å². The number of hydrogen-bond donors (Lipinski definition) is 2. The fraction of sp³-hybridized carbons (Fsp3) is 0.292. The van der Waals surface area contributed by atoms with Gasteiger partial charge in [-0.15, -0.1) is 0 Å². The molecule has 2 aromatic heterocycles. The van der Waals surface area contributed by atoms with Crippen molar-refractivity contribution < 1.29 is 14.3 Å². The summed E-state index contributed by atoms with van der Waals surface area (Å²) in [7, 11) is 1.64. The van der Waals surface area contributed by atoms with Crippen LogP contribution in [0.5, 0.6) is 5.75 Å². The van der Waals surface area contributed by atoms with Crippen molar-refractivity contribution >= 4 is 33.5 Å². The van der Waals surface area contributed by atoms with E-state index < -0.39 is 6.09 Å². The van der Waals surface area contributed by atoms with Crippen LogP contribution in [-0.4, -0.2) is 34.3 Å². The van der Waals surface area contributed by atoms with Crippen molar-refractivity contribution in [1.82, 2.24) is 19.9 Å². The minimum atomic E-state index is -0.516. The molecule has 8 nitrogen and oxygen atoms in total. The van der Waals surface area contributed by atoms with E-state index in [9.17, 15) is 4.79 Å². The third-order valence-electron chi connectivity index (χ3n) is 5.66. The van der Waals surface area contributed by atoms with Crippen molar-refractivity contribution in [3.05, 3.63) is 59.0 Å². The van der Waals surface area contributed by atoms with E-state index in [0.717, 1.165) is 69.6 Å². The first-order chi connectivity index (χ1) is 16.0. The summed E-state index contributed by atoms with van der Waals surface area (Å²) >= 11 is 1.39. The SMILES string of the molecule is COc1cc(C)ccc1-c1nc(C)c(NC(=O)OCc2ccc3c(c2)nc2n3CCNC2)s1. The number of aromatic nitrogens is 3. The maximum Gasteiger partial charge on any atom is 0.412 e. The van der Waals surface area contributed by atoms with Crippen LogP contribution in [0, 0.1) is 13.8 Å². The normalized spacial score (nSPS) is 13.1. The first-order valence-corrected chi connectivity index (χ1v) is 11.6. The Morgan fingerprint density at radius 2 is 2.09 bits per heavy atom. The van der Waals surface area contributed by atoms with Gasteiger partial charge in [0.05, 0.1) is 35.9 Å². The Balaban J connectivity index is 1.26. The Hall–Kier alpha value is -3.43. The predicted octanol–water partition coefficient (Wildman–Crippen LogP) is 4.64. The number of ether oxygens (including phenoxy) is 2. The molecule has 9 heteroatoms. The molecule has 0 saturated carbocycles. The molecule has 0 radical (unpaired) electrons. The molecular formula is C24H25N5O3S. The highest BCUT2D eigenvalue weighted by atomic mass is 32.1. The van der Waals surface area contributed by atoms with Gasteiger partial charge in [-0.2, -0.15) is 0 Å². The average Bonchev–Trinajstić information content (AvgIpc) is 3.37. The maximum absolute atomic E-state index is 12.5. The number of carbonyl (C=O) groups excluding carboxylic acids is 1. The highest BCUT2D eigenvalue weighted by Crippen LogP contribution is 2.37. The van der Waals surface area contributed by atoms with E-state index >= 15 is 0 Å². The van der Waals surface area contributed by atoms with E-state index in [1.54, 1.807) is 7.11 Å². The summed E-state index contributed by atoms with van der Waals surface area (Å²) in [6.07, 6.45) is -0.516. The van der Waals surface area contributed by atoms with E-state index in [1.807, 2.05) is 50.2 Å². The Kier molecular flexibility index (Phi) is 5.74. The van der Waals surface area contributed by atoms with Gasteiger partial charge in [-0.1, -0.05) is 23.5 Å². The number of carbonyl (C=O) groups is 1. The molecule has 2 N–H and O–H groups in total. The zero-order chi connectivity index (χ0) is 22.9. The molecule has 1 aliphatic rings. The lowest BCUT2D eigenvalue weighted by Crippen LogP contribution is -2.28. The zero-order valence-corrected chi connectivity index (χ0v) is 19.6. The van der Waals surface area contributed by atoms with Crippen LogP contribution in [0.3, 0.4) is 0 Å². The van der Waals surface area contributed by atoms with Crippen molar-refractivity contribution in [3.63, 3.8) is 0 Å². The standard InChI is InChI=1S/C24H25N5O3S/c1-14-4-6-17(20(10-14)31-3)23-26-15(2)22(33-23)28-24(30)32-13-16-5-7-19-18(11-16)27-21-12-25-8-9-29(19)21/h4-7,10-11,25H,8-9,12-13H2,1-3H3,(H,28,30). The highest BCUT2D eigenvalue weighted by molar-refractivity contribution is 7.19. The van der Waals surface area contributed by atoms with Crippen LogP contribution in [0.1, 0.15) is 22.6 Å². The largest absolute Gasteiger partial charge is 0.496 e. The van der Waals surface area contributed by atoms with E-state index in [2.05, 4.69) is 20.2 Å². The summed E-state index contributed by atoms with van der Waals surface area (Å²) < 4.78 is 13.2. The third-order valence-corrected chi connectivity index (χ3v) is 6.76. The number of fused-ring (bicyclic) bond motifs is 3. The fourth-order valence-electron chi connectivity index (χ4n) is 3.97. The molecule has 0 atom stereocenters. The van der Waals surface area contributed by atoms with Gasteiger partial charge in [-0.05, 0) is 49.2 Å². The van der Waals surface area contributed by atoms with Crippen molar-refractivity contribution in [3.8, 4) is 16.3 Å². The second-order valence-corrected chi connectivity index (χ2v) is 9.02. The van der Waals surface area contributed by atoms with Crippen LogP contribution >= 0.6 is 11.3 Å². The number of nitrogens with one attached hydrogen (secondary N) is 2. The van der Waals surface area contributed by atoms with Gasteiger partial charge < -0.3 is 19.4 Å². The lowest BCUT2D eigenvalue weighted by Gasteiger charge is -2.15. The minimum absolute atomic E-state index is 0.165. The van der Waals surface area contributed by atoms with Crippen LogP contribution in [0.25, 0.3) is 21.6 Å². The van der Waals surface area contributed by atoms with Crippen LogP contribution in [0.4, 0.5) is 9.80 Å². The van der Waals surface area contributed by atoms with Crippen LogP contribution in [-0.2, 0) is 24.4 Å². The van der Waals surface area contributed by atoms with Crippen molar-refractivity contribution in [1.29, 1.82) is 0 Å². The number of aryl methyl sites for hydroxylation is 2. The summed E-state index contributed by atoms with van der Waals surface area (Å²) in [5.74, 6) is 1.79. The molecule has 0 unspecified atom stereocenters. The number of imidazole rings is 1. The molecule has 3 heterocycles. The molecule has 2 aromatic carbocycles. The van der Waals surface area contributed by atoms with Gasteiger partial charge in [0, 0.05) is 13.1 Å². The molecule has 33 heavy (non-hydrogen) atoms. The first kappa shape index (κ1) is 21.4. The smallest absolute Gasteiger partial charge is 0.412 e. The van der Waals surface area contributed by atoms with Crippen LogP contribution in [0.2, 0.25) is 0 Å². The quantitative estimate of drug-likeness (QED) is 0.448. The summed E-state index contributed by atoms with van der Waals surface area (Å²) in [5.41, 5.74) is 5.66. The summed E-state index contributed by atoms with van der Waals surface area (Å²) in [6.45, 7) is 6.66. The van der Waals surface area contributed by atoms with Gasteiger partial charge in [0.15, 0.2) is 0 Å². The molecule has 1 amide bonds. The van der Waals surface area contributed by atoms with Crippen LogP contribution < -0.4 is 15.4 Å². The molecule has 170 valence electrons. The molecule has 5 rings (SSSR count). The van der Waals surface area contributed by atoms with Crippen LogP contribution in [0.15, 0.2) is 36.4 Å². The number of rotatable bonds is 5. The molecular weight excluding hydrogens is 438 g/mol. The van der Waals surface area contributed by atoms with Crippen molar-refractivity contribution in [2.24, 2.45) is 0 Å². The van der Waals surface area contributed by atoms with E-state index in [1.165, 1.54) is 11.3 Å². The second-order valence-electron chi connectivity index (χ2n) is 8.02. The Bertz CT molecular complexity index is 1340. The minimum Gasteiger partial charge on any atom is -0.496 e. The predicted molar refractivity (Wildman–Crippen MR) is 129 cm³/mol. The molecule has 0 spiro atoms. The molecule has 4 aromatic rings. The van der Waals surface area contributed by atoms with Crippen molar-refractivity contribution in [2.45, 2.75) is 33.5 Å². The lowest BCUT2D eigenvalue weighted by molar-refractivity contribution is 0.155. The maximum atomic E-state index is 12.5. The Morgan fingerprint density at radius 1 is 1.21 bits per heavy atom. The molecule has 0 bridgehead atoms. The summed E-state index contributed by atoms with van der Waals surface area (Å²) in [5, 5.41) is 7.59. The number of hydrogen-bond acceptors (Lipinski definition) is 7. The number of anilines is 1. The van der Waals surface area contributed by atoms with Gasteiger partial charge in [0.2, 0.25) is 0 Å². The van der Waals surface area contributed by atoms with E-state index in [-0.39, 0.29) is 6.61 Å². The number of methoxy groups -OCH3 is 1. The fourth-order valence-corrected chi connectivity index (χ4v) is 4.95. The molecule has 0 saturated heterocycles. The monoisotopic (exact) mass is 463 g/mol. The highest BCUT2D eigenvalue weighted by Gasteiger charge is 2.17. The lowest BCUT2D eigenvalue weighted by atomic mass is 10.1. The van der Waals surface area contributed by atoms with Gasteiger partial charge in [0.25, 0.3) is 0 Å². The first-order valence-electron chi connectivity index (χ1n) is 10.8. The van der Waals surface area contributed by atoms with E-state index in [0.29, 0.717) is 5.00 Å². The average molecular weight is 464 g/mol. The van der Waals surface area contributed by atoms with Crippen molar-refractivity contribution in [2.75, 3.05) is 19.0 Å². The number of amides is 1. The number of benzene rings is 2. The van der Waals surface area contributed by atoms with Gasteiger partial charge in [0.1, 0.15) is 28.2 Å². The topological polar surface area (TPSA) is 90.3 Å². The molecule has 0 aliphatic carbocycles. The summed E-state index contributed by atoms with van der Waals surface area (Å²) in [6, 6.07) is 12.0. The molecule has 1 aliphatic heterocycles. The molecule has 0 fully saturated rings.